The van der Waals surface area contributed by atoms with Gasteiger partial charge in [0.25, 0.3) is 5.91 Å². The highest BCUT2D eigenvalue weighted by molar-refractivity contribution is 7.21. The summed E-state index contributed by atoms with van der Waals surface area (Å²) in [5.41, 5.74) is 4.88. The van der Waals surface area contributed by atoms with Crippen LogP contribution in [0.1, 0.15) is 11.1 Å². The number of para-hydroxylation sites is 1. The van der Waals surface area contributed by atoms with E-state index in [4.69, 9.17) is 4.74 Å². The fourth-order valence-corrected chi connectivity index (χ4v) is 3.91. The minimum atomic E-state index is -0.192. The summed E-state index contributed by atoms with van der Waals surface area (Å²) in [7, 11) is 0. The summed E-state index contributed by atoms with van der Waals surface area (Å²) in [5, 5.41) is 3.84. The molecule has 0 aliphatic heterocycles. The zero-order valence-corrected chi connectivity index (χ0v) is 16.5. The van der Waals surface area contributed by atoms with E-state index < -0.39 is 0 Å². The first-order valence-corrected chi connectivity index (χ1v) is 9.87. The van der Waals surface area contributed by atoms with Crippen LogP contribution in [0.25, 0.3) is 20.8 Å². The highest BCUT2D eigenvalue weighted by atomic mass is 32.1. The number of nitrogens with zero attached hydrogens (tertiary/aromatic N) is 1. The second-order valence-electron chi connectivity index (χ2n) is 6.60. The molecular weight excluding hydrogens is 368 g/mol. The number of aromatic nitrogens is 1. The standard InChI is InChI=1S/C23H20N2O2S/c1-15-7-5-11-20(16(15)2)27-14-22(26)24-18-9-6-8-17(13-18)23-25-19-10-3-4-12-21(19)28-23/h3-13H,14H2,1-2H3,(H,24,26). The van der Waals surface area contributed by atoms with Crippen LogP contribution in [0, 0.1) is 13.8 Å². The molecule has 1 N–H and O–H groups in total. The van der Waals surface area contributed by atoms with Gasteiger partial charge in [-0.05, 0) is 55.3 Å². The molecule has 0 radical (unpaired) electrons. The molecule has 0 saturated heterocycles. The fourth-order valence-electron chi connectivity index (χ4n) is 2.95. The number of aryl methyl sites for hydroxylation is 1. The third-order valence-electron chi connectivity index (χ3n) is 4.60. The molecule has 4 rings (SSSR count). The zero-order chi connectivity index (χ0) is 19.5. The molecule has 28 heavy (non-hydrogen) atoms. The summed E-state index contributed by atoms with van der Waals surface area (Å²) in [6.45, 7) is 3.98. The van der Waals surface area contributed by atoms with Crippen molar-refractivity contribution in [3.63, 3.8) is 0 Å². The summed E-state index contributed by atoms with van der Waals surface area (Å²) in [4.78, 5) is 17.0. The van der Waals surface area contributed by atoms with Gasteiger partial charge in [0.05, 0.1) is 10.2 Å². The van der Waals surface area contributed by atoms with Crippen molar-refractivity contribution in [3.05, 3.63) is 77.9 Å². The fraction of sp³-hybridized carbons (Fsp3) is 0.130. The Morgan fingerprint density at radius 2 is 1.86 bits per heavy atom. The van der Waals surface area contributed by atoms with Crippen LogP contribution in [0.5, 0.6) is 5.75 Å². The van der Waals surface area contributed by atoms with Gasteiger partial charge in [-0.2, -0.15) is 0 Å². The Morgan fingerprint density at radius 3 is 2.71 bits per heavy atom. The van der Waals surface area contributed by atoms with Crippen molar-refractivity contribution >= 4 is 33.1 Å². The van der Waals surface area contributed by atoms with Gasteiger partial charge in [-0.3, -0.25) is 4.79 Å². The molecule has 1 amide bonds. The molecule has 0 aliphatic rings. The SMILES string of the molecule is Cc1cccc(OCC(=O)Nc2cccc(-c3nc4ccccc4s3)c2)c1C. The molecule has 1 aromatic heterocycles. The molecule has 4 nitrogen and oxygen atoms in total. The number of hydrogen-bond donors (Lipinski definition) is 1. The number of benzene rings is 3. The number of amides is 1. The average molecular weight is 388 g/mol. The Morgan fingerprint density at radius 1 is 1.04 bits per heavy atom. The van der Waals surface area contributed by atoms with Crippen molar-refractivity contribution in [2.45, 2.75) is 13.8 Å². The van der Waals surface area contributed by atoms with E-state index >= 15 is 0 Å². The van der Waals surface area contributed by atoms with Gasteiger partial charge < -0.3 is 10.1 Å². The van der Waals surface area contributed by atoms with Gasteiger partial charge in [-0.1, -0.05) is 36.4 Å². The molecule has 0 fully saturated rings. The molecule has 1 heterocycles. The van der Waals surface area contributed by atoms with Crippen molar-refractivity contribution in [3.8, 4) is 16.3 Å². The number of rotatable bonds is 5. The lowest BCUT2D eigenvalue weighted by molar-refractivity contribution is -0.118. The van der Waals surface area contributed by atoms with E-state index in [0.717, 1.165) is 43.4 Å². The maximum Gasteiger partial charge on any atom is 0.262 e. The molecule has 0 atom stereocenters. The number of nitrogens with one attached hydrogen (secondary N) is 1. The number of ether oxygens (including phenoxy) is 1. The van der Waals surface area contributed by atoms with Crippen molar-refractivity contribution < 1.29 is 9.53 Å². The predicted octanol–water partition coefficient (Wildman–Crippen LogP) is 5.60. The van der Waals surface area contributed by atoms with Crippen LogP contribution in [0.15, 0.2) is 66.7 Å². The summed E-state index contributed by atoms with van der Waals surface area (Å²) in [6.07, 6.45) is 0. The maximum atomic E-state index is 12.3. The Labute approximate surface area is 167 Å². The molecule has 4 aromatic rings. The predicted molar refractivity (Wildman–Crippen MR) is 115 cm³/mol. The number of fused-ring (bicyclic) bond motifs is 1. The van der Waals surface area contributed by atoms with Crippen LogP contribution < -0.4 is 10.1 Å². The number of thiazole rings is 1. The molecule has 0 saturated carbocycles. The van der Waals surface area contributed by atoms with Crippen LogP contribution >= 0.6 is 11.3 Å². The van der Waals surface area contributed by atoms with Gasteiger partial charge in [0.2, 0.25) is 0 Å². The first-order chi connectivity index (χ1) is 13.6. The number of carbonyl (C=O) groups excluding carboxylic acids is 1. The molecule has 0 bridgehead atoms. The second-order valence-corrected chi connectivity index (χ2v) is 7.63. The molecule has 5 heteroatoms. The summed E-state index contributed by atoms with van der Waals surface area (Å²) < 4.78 is 6.83. The third-order valence-corrected chi connectivity index (χ3v) is 5.69. The Bertz CT molecular complexity index is 1120. The first kappa shape index (κ1) is 18.2. The van der Waals surface area contributed by atoms with E-state index in [9.17, 15) is 4.79 Å². The van der Waals surface area contributed by atoms with Gasteiger partial charge in [0.1, 0.15) is 10.8 Å². The van der Waals surface area contributed by atoms with Gasteiger partial charge in [-0.25, -0.2) is 4.98 Å². The van der Waals surface area contributed by atoms with E-state index in [2.05, 4.69) is 16.4 Å². The van der Waals surface area contributed by atoms with E-state index in [1.54, 1.807) is 11.3 Å². The summed E-state index contributed by atoms with van der Waals surface area (Å²) in [5.74, 6) is 0.542. The van der Waals surface area contributed by atoms with Crippen molar-refractivity contribution in [1.82, 2.24) is 4.98 Å². The summed E-state index contributed by atoms with van der Waals surface area (Å²) >= 11 is 1.64. The smallest absolute Gasteiger partial charge is 0.262 e. The topological polar surface area (TPSA) is 51.2 Å². The van der Waals surface area contributed by atoms with Gasteiger partial charge >= 0.3 is 0 Å². The lowest BCUT2D eigenvalue weighted by Crippen LogP contribution is -2.20. The highest BCUT2D eigenvalue weighted by Crippen LogP contribution is 2.31. The Hall–Kier alpha value is -3.18. The van der Waals surface area contributed by atoms with Crippen molar-refractivity contribution in [1.29, 1.82) is 0 Å². The largest absolute Gasteiger partial charge is 0.483 e. The van der Waals surface area contributed by atoms with Crippen LogP contribution in [-0.4, -0.2) is 17.5 Å². The van der Waals surface area contributed by atoms with Crippen LogP contribution in [0.4, 0.5) is 5.69 Å². The molecule has 0 unspecified atom stereocenters. The highest BCUT2D eigenvalue weighted by Gasteiger charge is 2.09. The summed E-state index contributed by atoms with van der Waals surface area (Å²) in [6, 6.07) is 21.6. The minimum Gasteiger partial charge on any atom is -0.483 e. The lowest BCUT2D eigenvalue weighted by Gasteiger charge is -2.11. The monoisotopic (exact) mass is 388 g/mol. The minimum absolute atomic E-state index is 0.0321. The van der Waals surface area contributed by atoms with Crippen LogP contribution in [0.2, 0.25) is 0 Å². The van der Waals surface area contributed by atoms with E-state index in [1.807, 2.05) is 74.5 Å². The first-order valence-electron chi connectivity index (χ1n) is 9.05. The average Bonchev–Trinajstić information content (AvgIpc) is 3.14. The molecule has 0 aliphatic carbocycles. The quantitative estimate of drug-likeness (QED) is 0.484. The second kappa shape index (κ2) is 7.82. The van der Waals surface area contributed by atoms with E-state index in [0.29, 0.717) is 0 Å². The van der Waals surface area contributed by atoms with Crippen LogP contribution in [0.3, 0.4) is 0 Å². The Kier molecular flexibility index (Phi) is 5.08. The van der Waals surface area contributed by atoms with E-state index in [-0.39, 0.29) is 12.5 Å². The van der Waals surface area contributed by atoms with Gasteiger partial charge in [-0.15, -0.1) is 11.3 Å². The normalized spacial score (nSPS) is 10.8. The molecular formula is C23H20N2O2S. The van der Waals surface area contributed by atoms with Crippen LogP contribution in [-0.2, 0) is 4.79 Å². The third kappa shape index (κ3) is 3.89. The Balaban J connectivity index is 1.45. The van der Waals surface area contributed by atoms with Crippen molar-refractivity contribution in [2.75, 3.05) is 11.9 Å². The molecule has 0 spiro atoms. The van der Waals surface area contributed by atoms with Gasteiger partial charge in [0, 0.05) is 11.3 Å². The molecule has 140 valence electrons. The van der Waals surface area contributed by atoms with Gasteiger partial charge in [0.15, 0.2) is 6.61 Å². The van der Waals surface area contributed by atoms with Crippen molar-refractivity contribution in [2.24, 2.45) is 0 Å². The maximum absolute atomic E-state index is 12.3. The van der Waals surface area contributed by atoms with E-state index in [1.165, 1.54) is 0 Å². The number of anilines is 1. The molecule has 3 aromatic carbocycles. The number of hydrogen-bond acceptors (Lipinski definition) is 4. The lowest BCUT2D eigenvalue weighted by atomic mass is 10.1. The number of carbonyl (C=O) groups is 1. The zero-order valence-electron chi connectivity index (χ0n) is 15.7.